The number of unbranched alkanes of at least 4 members (excludes halogenated alkanes) is 37. The number of hydrogen-bond donors (Lipinski definition) is 0. The van der Waals surface area contributed by atoms with Gasteiger partial charge in [0.1, 0.15) is 12.4 Å². The molecule has 0 saturated carbocycles. The van der Waals surface area contributed by atoms with Crippen LogP contribution >= 0.6 is 0 Å². The predicted molar refractivity (Wildman–Crippen MR) is 230 cm³/mol. The predicted octanol–water partition coefficient (Wildman–Crippen LogP) is 17.0. The van der Waals surface area contributed by atoms with Crippen molar-refractivity contribution < 1.29 is 4.57 Å². The number of hydrogen-bond acceptors (Lipinski definition) is 0. The van der Waals surface area contributed by atoms with Crippen LogP contribution in [-0.2, 0) is 19.5 Å². The van der Waals surface area contributed by atoms with Crippen molar-refractivity contribution in [3.8, 4) is 0 Å². The zero-order chi connectivity index (χ0) is 36.6. The molecule has 0 radical (unpaired) electrons. The Balaban J connectivity index is 2.26. The second-order valence-corrected chi connectivity index (χ2v) is 16.9. The van der Waals surface area contributed by atoms with Gasteiger partial charge in [0.2, 0.25) is 0 Å². The molecule has 0 aliphatic heterocycles. The SMILES string of the molecule is CCCCCCCCCCCCCCCCC[n+]1ccn(CCCCCCCCCCCCCCC)c1CCCCCCCCCCCCCC. The van der Waals surface area contributed by atoms with E-state index in [1.54, 1.807) is 5.82 Å². The molecule has 51 heavy (non-hydrogen) atoms. The maximum Gasteiger partial charge on any atom is 0.256 e. The van der Waals surface area contributed by atoms with Crippen molar-refractivity contribution in [1.82, 2.24) is 4.57 Å². The van der Waals surface area contributed by atoms with Crippen LogP contribution in [0.5, 0.6) is 0 Å². The van der Waals surface area contributed by atoms with Crippen molar-refractivity contribution in [2.45, 2.75) is 297 Å². The van der Waals surface area contributed by atoms with Crippen molar-refractivity contribution >= 4 is 0 Å². The van der Waals surface area contributed by atoms with Gasteiger partial charge in [-0.2, -0.15) is 0 Å². The van der Waals surface area contributed by atoms with Crippen molar-refractivity contribution in [3.63, 3.8) is 0 Å². The topological polar surface area (TPSA) is 8.81 Å². The molecule has 0 spiro atoms. The molecule has 0 atom stereocenters. The van der Waals surface area contributed by atoms with Crippen LogP contribution < -0.4 is 4.57 Å². The van der Waals surface area contributed by atoms with Crippen molar-refractivity contribution in [2.24, 2.45) is 0 Å². The molecule has 302 valence electrons. The molecule has 1 aromatic rings. The Hall–Kier alpha value is -0.790. The first-order chi connectivity index (χ1) is 25.3. The zero-order valence-electron chi connectivity index (χ0n) is 36.0. The molecule has 0 bridgehead atoms. The lowest BCUT2D eigenvalue weighted by molar-refractivity contribution is -0.704. The van der Waals surface area contributed by atoms with E-state index in [0.29, 0.717) is 0 Å². The van der Waals surface area contributed by atoms with Gasteiger partial charge in [-0.15, -0.1) is 0 Å². The van der Waals surface area contributed by atoms with Gasteiger partial charge in [-0.3, -0.25) is 0 Å². The van der Waals surface area contributed by atoms with Crippen LogP contribution in [0.3, 0.4) is 0 Å². The summed E-state index contributed by atoms with van der Waals surface area (Å²) in [7, 11) is 0. The third-order valence-corrected chi connectivity index (χ3v) is 11.8. The van der Waals surface area contributed by atoms with E-state index in [9.17, 15) is 0 Å². The Morgan fingerprint density at radius 2 is 0.608 bits per heavy atom. The Labute approximate surface area is 323 Å². The molecule has 0 aromatic carbocycles. The maximum absolute atomic E-state index is 2.66. The average Bonchev–Trinajstić information content (AvgIpc) is 3.53. The summed E-state index contributed by atoms with van der Waals surface area (Å²) in [5.41, 5.74) is 0. The van der Waals surface area contributed by atoms with E-state index in [4.69, 9.17) is 0 Å². The van der Waals surface area contributed by atoms with E-state index in [2.05, 4.69) is 42.3 Å². The highest BCUT2D eigenvalue weighted by Gasteiger charge is 2.16. The average molecular weight is 714 g/mol. The lowest BCUT2D eigenvalue weighted by Crippen LogP contribution is -2.37. The first-order valence-electron chi connectivity index (χ1n) is 24.4. The number of rotatable bonds is 43. The number of aromatic nitrogens is 2. The third-order valence-electron chi connectivity index (χ3n) is 11.8. The highest BCUT2D eigenvalue weighted by Crippen LogP contribution is 2.17. The van der Waals surface area contributed by atoms with Crippen molar-refractivity contribution in [3.05, 3.63) is 18.2 Å². The molecule has 1 rings (SSSR count). The zero-order valence-corrected chi connectivity index (χ0v) is 36.0. The Bertz CT molecular complexity index is 781. The van der Waals surface area contributed by atoms with Crippen LogP contribution in [0.15, 0.2) is 12.4 Å². The molecule has 0 fully saturated rings. The highest BCUT2D eigenvalue weighted by atomic mass is 15.1. The number of aryl methyl sites for hydroxylation is 2. The van der Waals surface area contributed by atoms with Crippen LogP contribution in [0.25, 0.3) is 0 Å². The van der Waals surface area contributed by atoms with E-state index >= 15 is 0 Å². The van der Waals surface area contributed by atoms with E-state index in [1.165, 1.54) is 276 Å². The normalized spacial score (nSPS) is 11.7. The van der Waals surface area contributed by atoms with Crippen LogP contribution in [-0.4, -0.2) is 4.57 Å². The Kier molecular flexibility index (Phi) is 38.2. The van der Waals surface area contributed by atoms with Crippen molar-refractivity contribution in [1.29, 1.82) is 0 Å². The summed E-state index contributed by atoms with van der Waals surface area (Å²) in [6.45, 7) is 9.42. The standard InChI is InChI=1S/C49H97N2/c1-4-7-10-13-16-19-22-25-26-28-31-34-37-40-43-46-51-48-47-50(45-42-39-36-33-30-27-23-20-17-14-11-8-5-2)49(51)44-41-38-35-32-29-24-21-18-15-12-9-6-3/h47-48H,4-46H2,1-3H3/q+1. The molecule has 2 heteroatoms. The lowest BCUT2D eigenvalue weighted by Gasteiger charge is -2.07. The van der Waals surface area contributed by atoms with Gasteiger partial charge in [0.05, 0.1) is 13.1 Å². The highest BCUT2D eigenvalue weighted by molar-refractivity contribution is 4.84. The Morgan fingerprint density at radius 1 is 0.333 bits per heavy atom. The van der Waals surface area contributed by atoms with Gasteiger partial charge in [-0.1, -0.05) is 245 Å². The van der Waals surface area contributed by atoms with E-state index in [1.807, 2.05) is 0 Å². The van der Waals surface area contributed by atoms with Crippen LogP contribution in [0, 0.1) is 0 Å². The molecule has 1 heterocycles. The molecule has 2 nitrogen and oxygen atoms in total. The van der Waals surface area contributed by atoms with Gasteiger partial charge in [-0.05, 0) is 32.1 Å². The largest absolute Gasteiger partial charge is 0.256 e. The molecular formula is C49H97N2+. The quantitative estimate of drug-likeness (QED) is 0.0471. The molecule has 0 aliphatic carbocycles. The summed E-state index contributed by atoms with van der Waals surface area (Å²) < 4.78 is 5.31. The summed E-state index contributed by atoms with van der Waals surface area (Å²) in [5.74, 6) is 1.63. The molecule has 1 aromatic heterocycles. The maximum atomic E-state index is 2.66. The first kappa shape index (κ1) is 48.2. The second-order valence-electron chi connectivity index (χ2n) is 16.9. The molecular weight excluding hydrogens is 617 g/mol. The number of nitrogens with zero attached hydrogens (tertiary/aromatic N) is 2. The van der Waals surface area contributed by atoms with Gasteiger partial charge in [0, 0.05) is 6.42 Å². The molecule has 0 amide bonds. The van der Waals surface area contributed by atoms with Gasteiger partial charge < -0.3 is 0 Å². The summed E-state index contributed by atoms with van der Waals surface area (Å²) in [6.07, 6.45) is 63.8. The summed E-state index contributed by atoms with van der Waals surface area (Å²) in [4.78, 5) is 0. The minimum absolute atomic E-state index is 1.23. The Morgan fingerprint density at radius 3 is 0.941 bits per heavy atom. The minimum Gasteiger partial charge on any atom is -0.234 e. The summed E-state index contributed by atoms with van der Waals surface area (Å²) >= 11 is 0. The van der Waals surface area contributed by atoms with E-state index in [-0.39, 0.29) is 0 Å². The smallest absolute Gasteiger partial charge is 0.234 e. The van der Waals surface area contributed by atoms with E-state index in [0.717, 1.165) is 0 Å². The fourth-order valence-corrected chi connectivity index (χ4v) is 8.27. The molecule has 0 unspecified atom stereocenters. The van der Waals surface area contributed by atoms with E-state index < -0.39 is 0 Å². The first-order valence-corrected chi connectivity index (χ1v) is 24.4. The van der Waals surface area contributed by atoms with Gasteiger partial charge in [-0.25, -0.2) is 9.13 Å². The van der Waals surface area contributed by atoms with Crippen LogP contribution in [0.2, 0.25) is 0 Å². The number of imidazole rings is 1. The van der Waals surface area contributed by atoms with Crippen LogP contribution in [0.1, 0.15) is 283 Å². The van der Waals surface area contributed by atoms with Gasteiger partial charge in [0.25, 0.3) is 5.82 Å². The molecule has 0 aliphatic rings. The monoisotopic (exact) mass is 714 g/mol. The van der Waals surface area contributed by atoms with Crippen LogP contribution in [0.4, 0.5) is 0 Å². The lowest BCUT2D eigenvalue weighted by atomic mass is 10.0. The minimum atomic E-state index is 1.23. The summed E-state index contributed by atoms with van der Waals surface area (Å²) in [5, 5.41) is 0. The summed E-state index contributed by atoms with van der Waals surface area (Å²) in [6, 6.07) is 0. The fourth-order valence-electron chi connectivity index (χ4n) is 8.27. The molecule has 0 N–H and O–H groups in total. The fraction of sp³-hybridized carbons (Fsp3) is 0.939. The van der Waals surface area contributed by atoms with Gasteiger partial charge in [0.15, 0.2) is 0 Å². The third kappa shape index (κ3) is 32.4. The molecule has 0 saturated heterocycles. The van der Waals surface area contributed by atoms with Gasteiger partial charge >= 0.3 is 0 Å². The second kappa shape index (κ2) is 40.4. The van der Waals surface area contributed by atoms with Crippen molar-refractivity contribution in [2.75, 3.05) is 0 Å².